The molecule has 0 aliphatic carbocycles. The molecule has 1 amide bonds. The fourth-order valence-corrected chi connectivity index (χ4v) is 2.52. The van der Waals surface area contributed by atoms with E-state index in [2.05, 4.69) is 10.3 Å². The molecule has 132 valence electrons. The smallest absolute Gasteiger partial charge is 0.290 e. The molecule has 1 aliphatic heterocycles. The monoisotopic (exact) mass is 373 g/mol. The van der Waals surface area contributed by atoms with E-state index in [-0.39, 0.29) is 36.8 Å². The lowest BCUT2D eigenvalue weighted by Crippen LogP contribution is -2.55. The van der Waals surface area contributed by atoms with Gasteiger partial charge in [-0.15, -0.1) is 24.8 Å². The largest absolute Gasteiger partial charge is 0.490 e. The van der Waals surface area contributed by atoms with E-state index >= 15 is 0 Å². The second-order valence-electron chi connectivity index (χ2n) is 5.29. The van der Waals surface area contributed by atoms with Gasteiger partial charge in [-0.1, -0.05) is 0 Å². The molecule has 1 aliphatic rings. The minimum atomic E-state index is -0.0798. The van der Waals surface area contributed by atoms with Gasteiger partial charge in [0, 0.05) is 31.4 Å². The number of amides is 1. The molecule has 24 heavy (non-hydrogen) atoms. The molecule has 0 spiro atoms. The Labute approximate surface area is 153 Å². The van der Waals surface area contributed by atoms with E-state index in [0.29, 0.717) is 31.2 Å². The molecule has 2 aromatic rings. The maximum absolute atomic E-state index is 12.6. The molecule has 1 fully saturated rings. The Morgan fingerprint density at radius 2 is 2.29 bits per heavy atom. The molecule has 3 rings (SSSR count). The van der Waals surface area contributed by atoms with Gasteiger partial charge in [0.2, 0.25) is 0 Å². The summed E-state index contributed by atoms with van der Waals surface area (Å²) in [5.74, 6) is 1.03. The average Bonchev–Trinajstić information content (AvgIpc) is 2.99. The molecule has 0 bridgehead atoms. The van der Waals surface area contributed by atoms with E-state index < -0.39 is 0 Å². The van der Waals surface area contributed by atoms with Gasteiger partial charge >= 0.3 is 0 Å². The van der Waals surface area contributed by atoms with Crippen LogP contribution in [0.25, 0.3) is 0 Å². The van der Waals surface area contributed by atoms with Crippen LogP contribution in [0, 0.1) is 6.92 Å². The number of carbonyl (C=O) groups excluding carboxylic acids is 1. The molecule has 1 unspecified atom stereocenters. The second kappa shape index (κ2) is 9.52. The lowest BCUT2D eigenvalue weighted by molar-refractivity contribution is 0.0527. The van der Waals surface area contributed by atoms with Gasteiger partial charge in [0.15, 0.2) is 5.76 Å². The van der Waals surface area contributed by atoms with Crippen LogP contribution in [-0.4, -0.2) is 48.1 Å². The molecule has 1 saturated heterocycles. The van der Waals surface area contributed by atoms with Gasteiger partial charge < -0.3 is 19.4 Å². The van der Waals surface area contributed by atoms with E-state index in [1.165, 1.54) is 0 Å². The molecule has 0 aromatic carbocycles. The highest BCUT2D eigenvalue weighted by molar-refractivity contribution is 5.93. The third-order valence-electron chi connectivity index (χ3n) is 3.74. The van der Waals surface area contributed by atoms with Crippen molar-refractivity contribution in [2.24, 2.45) is 0 Å². The molecule has 2 aromatic heterocycles. The van der Waals surface area contributed by atoms with Crippen molar-refractivity contribution >= 4 is 30.7 Å². The number of rotatable bonds is 4. The molecule has 1 atom stereocenters. The molecule has 0 saturated carbocycles. The summed E-state index contributed by atoms with van der Waals surface area (Å²) in [6.07, 6.45) is 4.91. The first-order valence-corrected chi connectivity index (χ1v) is 7.34. The van der Waals surface area contributed by atoms with Crippen molar-refractivity contribution in [1.82, 2.24) is 15.2 Å². The van der Waals surface area contributed by atoms with Crippen LogP contribution in [0.1, 0.15) is 16.1 Å². The second-order valence-corrected chi connectivity index (χ2v) is 5.29. The number of pyridine rings is 1. The van der Waals surface area contributed by atoms with Crippen molar-refractivity contribution in [1.29, 1.82) is 0 Å². The van der Waals surface area contributed by atoms with Crippen LogP contribution >= 0.6 is 24.8 Å². The quantitative estimate of drug-likeness (QED) is 0.890. The zero-order chi connectivity index (χ0) is 15.4. The SMILES string of the molecule is Cc1ccoc1C(=O)N1CCNCC1COc1cccnc1.Cl.Cl. The number of halogens is 2. The lowest BCUT2D eigenvalue weighted by atomic mass is 10.1. The highest BCUT2D eigenvalue weighted by Crippen LogP contribution is 2.16. The van der Waals surface area contributed by atoms with E-state index in [9.17, 15) is 4.79 Å². The number of ether oxygens (including phenoxy) is 1. The molecular weight excluding hydrogens is 353 g/mol. The lowest BCUT2D eigenvalue weighted by Gasteiger charge is -2.35. The highest BCUT2D eigenvalue weighted by atomic mass is 35.5. The summed E-state index contributed by atoms with van der Waals surface area (Å²) in [6, 6.07) is 5.44. The number of hydrogen-bond acceptors (Lipinski definition) is 5. The van der Waals surface area contributed by atoms with Crippen LogP contribution in [-0.2, 0) is 0 Å². The molecule has 0 radical (unpaired) electrons. The summed E-state index contributed by atoms with van der Waals surface area (Å²) < 4.78 is 11.1. The van der Waals surface area contributed by atoms with Gasteiger partial charge in [-0.2, -0.15) is 0 Å². The summed E-state index contributed by atoms with van der Waals surface area (Å²) in [5.41, 5.74) is 0.857. The summed E-state index contributed by atoms with van der Waals surface area (Å²) >= 11 is 0. The standard InChI is InChI=1S/C16H19N3O3.2ClH/c1-12-4-8-21-15(12)16(20)19-7-6-18-9-13(19)11-22-14-3-2-5-17-10-14;;/h2-5,8,10,13,18H,6-7,9,11H2,1H3;2*1H. The third kappa shape index (κ3) is 4.63. The Morgan fingerprint density at radius 3 is 2.96 bits per heavy atom. The molecule has 6 nitrogen and oxygen atoms in total. The number of carbonyl (C=O) groups is 1. The maximum Gasteiger partial charge on any atom is 0.290 e. The Kier molecular flexibility index (Phi) is 8.04. The number of nitrogens with zero attached hydrogens (tertiary/aromatic N) is 2. The topological polar surface area (TPSA) is 67.6 Å². The average molecular weight is 374 g/mol. The zero-order valence-electron chi connectivity index (χ0n) is 13.3. The van der Waals surface area contributed by atoms with Crippen LogP contribution in [0.2, 0.25) is 0 Å². The first-order valence-electron chi connectivity index (χ1n) is 7.34. The van der Waals surface area contributed by atoms with Gasteiger partial charge in [0.1, 0.15) is 12.4 Å². The van der Waals surface area contributed by atoms with Gasteiger partial charge in [-0.25, -0.2) is 0 Å². The fourth-order valence-electron chi connectivity index (χ4n) is 2.52. The van der Waals surface area contributed by atoms with E-state index in [1.54, 1.807) is 24.7 Å². The maximum atomic E-state index is 12.6. The third-order valence-corrected chi connectivity index (χ3v) is 3.74. The van der Waals surface area contributed by atoms with E-state index in [0.717, 1.165) is 12.1 Å². The summed E-state index contributed by atoms with van der Waals surface area (Å²) in [4.78, 5) is 18.5. The Morgan fingerprint density at radius 1 is 1.46 bits per heavy atom. The van der Waals surface area contributed by atoms with Gasteiger partial charge in [0.05, 0.1) is 18.5 Å². The number of piperazine rings is 1. The van der Waals surface area contributed by atoms with Crippen molar-refractivity contribution in [2.45, 2.75) is 13.0 Å². The van der Waals surface area contributed by atoms with Crippen molar-refractivity contribution in [2.75, 3.05) is 26.2 Å². The zero-order valence-corrected chi connectivity index (χ0v) is 14.9. The van der Waals surface area contributed by atoms with Gasteiger partial charge in [-0.3, -0.25) is 9.78 Å². The van der Waals surface area contributed by atoms with Crippen LogP contribution in [0.4, 0.5) is 0 Å². The number of nitrogens with one attached hydrogen (secondary N) is 1. The summed E-state index contributed by atoms with van der Waals surface area (Å²) in [5, 5.41) is 3.30. The molecular formula is C16H21Cl2N3O3. The van der Waals surface area contributed by atoms with Crippen molar-refractivity contribution in [3.05, 3.63) is 48.2 Å². The van der Waals surface area contributed by atoms with Crippen LogP contribution in [0.3, 0.4) is 0 Å². The van der Waals surface area contributed by atoms with Crippen molar-refractivity contribution in [3.8, 4) is 5.75 Å². The number of aryl methyl sites for hydroxylation is 1. The number of aromatic nitrogens is 1. The van der Waals surface area contributed by atoms with E-state index in [4.69, 9.17) is 9.15 Å². The van der Waals surface area contributed by atoms with Crippen molar-refractivity contribution in [3.63, 3.8) is 0 Å². The summed E-state index contributed by atoms with van der Waals surface area (Å²) in [7, 11) is 0. The minimum Gasteiger partial charge on any atom is -0.490 e. The van der Waals surface area contributed by atoms with Crippen LogP contribution in [0.15, 0.2) is 41.3 Å². The fraction of sp³-hybridized carbons (Fsp3) is 0.375. The Hall–Kier alpha value is -1.76. The minimum absolute atomic E-state index is 0. The number of furan rings is 1. The first-order chi connectivity index (χ1) is 10.8. The Balaban J connectivity index is 0.00000144. The molecule has 8 heteroatoms. The number of hydrogen-bond donors (Lipinski definition) is 1. The molecule has 1 N–H and O–H groups in total. The predicted octanol–water partition coefficient (Wildman–Crippen LogP) is 2.32. The molecule has 3 heterocycles. The highest BCUT2D eigenvalue weighted by Gasteiger charge is 2.30. The van der Waals surface area contributed by atoms with Gasteiger partial charge in [-0.05, 0) is 25.1 Å². The Bertz CT molecular complexity index is 637. The predicted molar refractivity (Wildman–Crippen MR) is 95.4 cm³/mol. The van der Waals surface area contributed by atoms with Crippen molar-refractivity contribution < 1.29 is 13.9 Å². The first kappa shape index (κ1) is 20.3. The normalized spacial score (nSPS) is 16.7. The van der Waals surface area contributed by atoms with Crippen LogP contribution in [0.5, 0.6) is 5.75 Å². The van der Waals surface area contributed by atoms with Crippen LogP contribution < -0.4 is 10.1 Å². The van der Waals surface area contributed by atoms with E-state index in [1.807, 2.05) is 24.0 Å². The van der Waals surface area contributed by atoms with Gasteiger partial charge in [0.25, 0.3) is 5.91 Å². The summed E-state index contributed by atoms with van der Waals surface area (Å²) in [6.45, 7) is 4.41.